The van der Waals surface area contributed by atoms with Crippen LogP contribution in [-0.4, -0.2) is 50.8 Å². The van der Waals surface area contributed by atoms with Crippen LogP contribution in [0.4, 0.5) is 17.3 Å². The number of methoxy groups -OCH3 is 1. The summed E-state index contributed by atoms with van der Waals surface area (Å²) in [5, 5.41) is 13.5. The Bertz CT molecular complexity index is 1240. The number of ether oxygens (including phenoxy) is 1. The van der Waals surface area contributed by atoms with Crippen LogP contribution in [-0.2, 0) is 0 Å². The summed E-state index contributed by atoms with van der Waals surface area (Å²) < 4.78 is 7.51. The van der Waals surface area contributed by atoms with Crippen LogP contribution >= 0.6 is 11.6 Å². The summed E-state index contributed by atoms with van der Waals surface area (Å²) in [6.07, 6.45) is 5.71. The predicted octanol–water partition coefficient (Wildman–Crippen LogP) is 3.77. The predicted molar refractivity (Wildman–Crippen MR) is 120 cm³/mol. The number of imidazole rings is 1. The van der Waals surface area contributed by atoms with Crippen molar-refractivity contribution in [2.24, 2.45) is 0 Å². The average molecular weight is 437 g/mol. The zero-order valence-electron chi connectivity index (χ0n) is 16.9. The monoisotopic (exact) mass is 436 g/mol. The molecule has 1 aromatic carbocycles. The summed E-state index contributed by atoms with van der Waals surface area (Å²) in [4.78, 5) is 15.5. The van der Waals surface area contributed by atoms with Gasteiger partial charge in [-0.25, -0.2) is 15.0 Å². The maximum atomic E-state index is 9.81. The van der Waals surface area contributed by atoms with Gasteiger partial charge in [0.2, 0.25) is 5.95 Å². The molecule has 4 heterocycles. The first-order valence-electron chi connectivity index (χ1n) is 9.95. The molecular formula is C22H21ClN6O2. The number of anilines is 3. The third-order valence-electron chi connectivity index (χ3n) is 5.36. The Labute approximate surface area is 184 Å². The highest BCUT2D eigenvalue weighted by atomic mass is 35.5. The number of hydrogen-bond donors (Lipinski definition) is 2. The summed E-state index contributed by atoms with van der Waals surface area (Å²) in [5.41, 5.74) is 3.91. The molecule has 4 aromatic rings. The molecule has 3 aromatic heterocycles. The summed E-state index contributed by atoms with van der Waals surface area (Å²) in [5.74, 6) is 1.06. The number of aliphatic hydroxyl groups is 1. The van der Waals surface area contributed by atoms with E-state index in [4.69, 9.17) is 16.3 Å². The quantitative estimate of drug-likeness (QED) is 0.492. The van der Waals surface area contributed by atoms with Crippen LogP contribution in [0.15, 0.2) is 55.0 Å². The number of nitrogens with zero attached hydrogens (tertiary/aromatic N) is 5. The van der Waals surface area contributed by atoms with Crippen LogP contribution in [0.1, 0.15) is 6.42 Å². The van der Waals surface area contributed by atoms with Gasteiger partial charge in [-0.1, -0.05) is 17.7 Å². The van der Waals surface area contributed by atoms with Crippen molar-refractivity contribution in [1.29, 1.82) is 0 Å². The van der Waals surface area contributed by atoms with Crippen LogP contribution in [0.2, 0.25) is 5.02 Å². The summed E-state index contributed by atoms with van der Waals surface area (Å²) in [6.45, 7) is 1.44. The SMILES string of the molecule is COc1cc(N2CCC(O)C2)ccc1Nc1ncc(Cl)c(-c2cnc3ccccn23)n1. The van der Waals surface area contributed by atoms with Crippen LogP contribution < -0.4 is 15.0 Å². The van der Waals surface area contributed by atoms with Gasteiger partial charge in [0.15, 0.2) is 0 Å². The van der Waals surface area contributed by atoms with E-state index >= 15 is 0 Å². The number of fused-ring (bicyclic) bond motifs is 1. The maximum absolute atomic E-state index is 9.81. The normalized spacial score (nSPS) is 16.1. The van der Waals surface area contributed by atoms with Gasteiger partial charge in [-0.2, -0.15) is 0 Å². The molecule has 9 heteroatoms. The molecule has 0 radical (unpaired) electrons. The van der Waals surface area contributed by atoms with Gasteiger partial charge in [-0.05, 0) is 30.7 Å². The van der Waals surface area contributed by atoms with E-state index in [0.717, 1.165) is 35.7 Å². The molecule has 2 N–H and O–H groups in total. The van der Waals surface area contributed by atoms with Crippen molar-refractivity contribution in [2.45, 2.75) is 12.5 Å². The molecule has 0 spiro atoms. The molecule has 0 aliphatic carbocycles. The number of aliphatic hydroxyl groups excluding tert-OH is 1. The number of benzene rings is 1. The number of pyridine rings is 1. The van der Waals surface area contributed by atoms with E-state index in [1.54, 1.807) is 19.5 Å². The molecule has 158 valence electrons. The molecule has 5 rings (SSSR count). The smallest absolute Gasteiger partial charge is 0.227 e. The Morgan fingerprint density at radius 3 is 2.90 bits per heavy atom. The molecule has 1 aliphatic heterocycles. The van der Waals surface area contributed by atoms with Crippen LogP contribution in [0, 0.1) is 0 Å². The Balaban J connectivity index is 1.46. The first kappa shape index (κ1) is 19.6. The highest BCUT2D eigenvalue weighted by molar-refractivity contribution is 6.32. The molecule has 0 amide bonds. The molecule has 1 aliphatic rings. The van der Waals surface area contributed by atoms with Crippen molar-refractivity contribution in [2.75, 3.05) is 30.4 Å². The molecule has 0 bridgehead atoms. The Morgan fingerprint density at radius 2 is 2.10 bits per heavy atom. The van der Waals surface area contributed by atoms with E-state index in [1.807, 2.05) is 47.0 Å². The van der Waals surface area contributed by atoms with Gasteiger partial charge in [0, 0.05) is 31.0 Å². The summed E-state index contributed by atoms with van der Waals surface area (Å²) in [6, 6.07) is 11.6. The van der Waals surface area contributed by atoms with Crippen LogP contribution in [0.3, 0.4) is 0 Å². The van der Waals surface area contributed by atoms with Gasteiger partial charge >= 0.3 is 0 Å². The second-order valence-corrected chi connectivity index (χ2v) is 7.77. The van der Waals surface area contributed by atoms with E-state index in [-0.39, 0.29) is 6.10 Å². The lowest BCUT2D eigenvalue weighted by Gasteiger charge is -2.20. The van der Waals surface area contributed by atoms with Crippen LogP contribution in [0.25, 0.3) is 17.0 Å². The molecule has 1 fully saturated rings. The molecule has 8 nitrogen and oxygen atoms in total. The lowest BCUT2D eigenvalue weighted by Crippen LogP contribution is -2.21. The van der Waals surface area contributed by atoms with E-state index in [0.29, 0.717) is 29.0 Å². The average Bonchev–Trinajstić information content (AvgIpc) is 3.42. The molecule has 31 heavy (non-hydrogen) atoms. The number of β-amino-alcohol motifs (C(OH)–C–C–N with tert-alkyl or cyclic N) is 1. The standard InChI is InChI=1S/C22H21ClN6O2/c1-31-19-10-14(28-9-7-15(30)13-28)5-6-17(19)26-22-25-11-16(23)21(27-22)18-12-24-20-4-2-3-8-29(18)20/h2-6,8,10-12,15,30H,7,9,13H2,1H3,(H,25,26,27). The fraction of sp³-hybridized carbons (Fsp3) is 0.227. The maximum Gasteiger partial charge on any atom is 0.227 e. The molecule has 1 atom stereocenters. The van der Waals surface area contributed by atoms with Crippen molar-refractivity contribution in [3.8, 4) is 17.1 Å². The Morgan fingerprint density at radius 1 is 1.19 bits per heavy atom. The lowest BCUT2D eigenvalue weighted by molar-refractivity contribution is 0.198. The van der Waals surface area contributed by atoms with E-state index in [2.05, 4.69) is 25.2 Å². The van der Waals surface area contributed by atoms with E-state index in [1.165, 1.54) is 0 Å². The molecule has 1 saturated heterocycles. The third kappa shape index (κ3) is 3.75. The Kier molecular flexibility index (Phi) is 5.09. The first-order valence-corrected chi connectivity index (χ1v) is 10.3. The van der Waals surface area contributed by atoms with Gasteiger partial charge in [0.05, 0.1) is 42.0 Å². The summed E-state index contributed by atoms with van der Waals surface area (Å²) in [7, 11) is 1.62. The fourth-order valence-corrected chi connectivity index (χ4v) is 3.98. The lowest BCUT2D eigenvalue weighted by atomic mass is 10.2. The largest absolute Gasteiger partial charge is 0.494 e. The number of rotatable bonds is 5. The number of hydrogen-bond acceptors (Lipinski definition) is 7. The topological polar surface area (TPSA) is 87.8 Å². The van der Waals surface area contributed by atoms with Crippen molar-refractivity contribution >= 4 is 34.6 Å². The zero-order valence-corrected chi connectivity index (χ0v) is 17.6. The molecular weight excluding hydrogens is 416 g/mol. The minimum Gasteiger partial charge on any atom is -0.494 e. The summed E-state index contributed by atoms with van der Waals surface area (Å²) >= 11 is 6.41. The first-order chi connectivity index (χ1) is 15.1. The third-order valence-corrected chi connectivity index (χ3v) is 5.64. The number of halogens is 1. The van der Waals surface area contributed by atoms with Crippen molar-refractivity contribution < 1.29 is 9.84 Å². The van der Waals surface area contributed by atoms with Gasteiger partial charge in [-0.3, -0.25) is 4.40 Å². The second kappa shape index (κ2) is 8.05. The molecule has 1 unspecified atom stereocenters. The van der Waals surface area contributed by atoms with Crippen molar-refractivity contribution in [1.82, 2.24) is 19.4 Å². The minimum atomic E-state index is -0.288. The van der Waals surface area contributed by atoms with Gasteiger partial charge in [-0.15, -0.1) is 0 Å². The minimum absolute atomic E-state index is 0.288. The Hall–Kier alpha value is -3.36. The number of aromatic nitrogens is 4. The zero-order chi connectivity index (χ0) is 21.4. The van der Waals surface area contributed by atoms with E-state index in [9.17, 15) is 5.11 Å². The highest BCUT2D eigenvalue weighted by Gasteiger charge is 2.21. The van der Waals surface area contributed by atoms with Crippen LogP contribution in [0.5, 0.6) is 5.75 Å². The van der Waals surface area contributed by atoms with E-state index < -0.39 is 0 Å². The number of nitrogens with one attached hydrogen (secondary N) is 1. The van der Waals surface area contributed by atoms with Crippen molar-refractivity contribution in [3.05, 3.63) is 60.0 Å². The highest BCUT2D eigenvalue weighted by Crippen LogP contribution is 2.34. The van der Waals surface area contributed by atoms with Crippen molar-refractivity contribution in [3.63, 3.8) is 0 Å². The van der Waals surface area contributed by atoms with Gasteiger partial charge in [0.1, 0.15) is 17.1 Å². The fourth-order valence-electron chi connectivity index (χ4n) is 3.79. The van der Waals surface area contributed by atoms with Gasteiger partial charge < -0.3 is 20.1 Å². The van der Waals surface area contributed by atoms with Gasteiger partial charge in [0.25, 0.3) is 0 Å². The molecule has 0 saturated carbocycles. The second-order valence-electron chi connectivity index (χ2n) is 7.36.